The Morgan fingerprint density at radius 1 is 1.29 bits per heavy atom. The second kappa shape index (κ2) is 4.95. The molecule has 0 atom stereocenters. The molecule has 0 amide bonds. The zero-order valence-corrected chi connectivity index (χ0v) is 9.45. The van der Waals surface area contributed by atoms with Gasteiger partial charge in [-0.1, -0.05) is 6.07 Å². The monoisotopic (exact) mass is 237 g/mol. The van der Waals surface area contributed by atoms with Crippen molar-refractivity contribution in [1.82, 2.24) is 9.78 Å². The van der Waals surface area contributed by atoms with Crippen LogP contribution in [-0.2, 0) is 13.1 Å². The Hall–Kier alpha value is -1.91. The lowest BCUT2D eigenvalue weighted by atomic mass is 10.2. The van der Waals surface area contributed by atoms with E-state index in [2.05, 4.69) is 10.4 Å². The van der Waals surface area contributed by atoms with Gasteiger partial charge in [0.25, 0.3) is 0 Å². The zero-order chi connectivity index (χ0) is 12.3. The van der Waals surface area contributed by atoms with Gasteiger partial charge in [-0.3, -0.25) is 4.68 Å². The van der Waals surface area contributed by atoms with E-state index in [1.54, 1.807) is 4.68 Å². The number of aromatic nitrogens is 2. The van der Waals surface area contributed by atoms with Crippen molar-refractivity contribution < 1.29 is 8.78 Å². The topological polar surface area (TPSA) is 29.9 Å². The van der Waals surface area contributed by atoms with Crippen LogP contribution >= 0.6 is 0 Å². The maximum atomic E-state index is 13.3. The Kier molecular flexibility index (Phi) is 3.37. The zero-order valence-electron chi connectivity index (χ0n) is 9.45. The summed E-state index contributed by atoms with van der Waals surface area (Å²) < 4.78 is 27.8. The van der Waals surface area contributed by atoms with Gasteiger partial charge in [0.2, 0.25) is 0 Å². The molecule has 0 unspecified atom stereocenters. The number of rotatable bonds is 4. The maximum Gasteiger partial charge on any atom is 0.148 e. The highest BCUT2D eigenvalue weighted by molar-refractivity contribution is 5.34. The second-order valence-electron chi connectivity index (χ2n) is 3.65. The number of nitrogens with zero attached hydrogens (tertiary/aromatic N) is 2. The van der Waals surface area contributed by atoms with E-state index in [4.69, 9.17) is 0 Å². The smallest absolute Gasteiger partial charge is 0.148 e. The predicted octanol–water partition coefficient (Wildman–Crippen LogP) is 2.79. The van der Waals surface area contributed by atoms with Gasteiger partial charge in [-0.15, -0.1) is 0 Å². The fourth-order valence-corrected chi connectivity index (χ4v) is 1.48. The Morgan fingerprint density at radius 3 is 2.76 bits per heavy atom. The minimum atomic E-state index is -0.568. The quantitative estimate of drug-likeness (QED) is 0.886. The molecule has 0 fully saturated rings. The van der Waals surface area contributed by atoms with Gasteiger partial charge in [-0.05, 0) is 13.0 Å². The molecule has 2 rings (SSSR count). The van der Waals surface area contributed by atoms with Crippen molar-refractivity contribution in [2.24, 2.45) is 0 Å². The molecule has 0 radical (unpaired) electrons. The van der Waals surface area contributed by atoms with Crippen LogP contribution in [0.5, 0.6) is 0 Å². The molecule has 0 saturated heterocycles. The molecule has 90 valence electrons. The van der Waals surface area contributed by atoms with Gasteiger partial charge < -0.3 is 5.32 Å². The minimum Gasteiger partial charge on any atom is -0.364 e. The molecule has 3 nitrogen and oxygen atoms in total. The summed E-state index contributed by atoms with van der Waals surface area (Å²) in [6.45, 7) is 3.05. The van der Waals surface area contributed by atoms with Crippen LogP contribution in [0.25, 0.3) is 0 Å². The number of halogens is 2. The van der Waals surface area contributed by atoms with Gasteiger partial charge in [0.15, 0.2) is 0 Å². The third-order valence-electron chi connectivity index (χ3n) is 2.44. The van der Waals surface area contributed by atoms with Gasteiger partial charge in [0.1, 0.15) is 17.5 Å². The summed E-state index contributed by atoms with van der Waals surface area (Å²) in [5, 5.41) is 7.18. The highest BCUT2D eigenvalue weighted by Crippen LogP contribution is 2.11. The normalized spacial score (nSPS) is 10.5. The number of hydrogen-bond donors (Lipinski definition) is 1. The average Bonchev–Trinajstić information content (AvgIpc) is 2.76. The van der Waals surface area contributed by atoms with Crippen LogP contribution < -0.4 is 5.32 Å². The third-order valence-corrected chi connectivity index (χ3v) is 2.44. The van der Waals surface area contributed by atoms with Crippen molar-refractivity contribution in [3.05, 3.63) is 47.7 Å². The van der Waals surface area contributed by atoms with E-state index < -0.39 is 11.6 Å². The van der Waals surface area contributed by atoms with Crippen molar-refractivity contribution >= 4 is 5.82 Å². The molecule has 1 aromatic heterocycles. The van der Waals surface area contributed by atoms with Gasteiger partial charge in [0, 0.05) is 37.0 Å². The number of benzene rings is 1. The van der Waals surface area contributed by atoms with E-state index in [-0.39, 0.29) is 6.54 Å². The minimum absolute atomic E-state index is 0.285. The number of nitrogens with one attached hydrogen (secondary N) is 1. The first-order chi connectivity index (χ1) is 8.19. The third kappa shape index (κ3) is 2.81. The SMILES string of the molecule is CCn1ccc(NCc2ccc(F)cc2F)n1. The van der Waals surface area contributed by atoms with E-state index in [1.165, 1.54) is 12.1 Å². The summed E-state index contributed by atoms with van der Waals surface area (Å²) >= 11 is 0. The van der Waals surface area contributed by atoms with Gasteiger partial charge in [0.05, 0.1) is 0 Å². The predicted molar refractivity (Wildman–Crippen MR) is 61.6 cm³/mol. The van der Waals surface area contributed by atoms with Gasteiger partial charge in [-0.2, -0.15) is 5.10 Å². The fourth-order valence-electron chi connectivity index (χ4n) is 1.48. The fraction of sp³-hybridized carbons (Fsp3) is 0.250. The van der Waals surface area contributed by atoms with E-state index in [0.29, 0.717) is 11.4 Å². The van der Waals surface area contributed by atoms with Crippen molar-refractivity contribution in [3.63, 3.8) is 0 Å². The Labute approximate surface area is 98.1 Å². The second-order valence-corrected chi connectivity index (χ2v) is 3.65. The first kappa shape index (κ1) is 11.6. The molecule has 2 aromatic rings. The van der Waals surface area contributed by atoms with Crippen LogP contribution in [0, 0.1) is 11.6 Å². The van der Waals surface area contributed by atoms with E-state index in [9.17, 15) is 8.78 Å². The molecule has 0 aliphatic heterocycles. The molecule has 0 aliphatic rings. The van der Waals surface area contributed by atoms with Crippen LogP contribution in [0.15, 0.2) is 30.5 Å². The molecular weight excluding hydrogens is 224 g/mol. The highest BCUT2D eigenvalue weighted by Gasteiger charge is 2.04. The van der Waals surface area contributed by atoms with E-state index >= 15 is 0 Å². The standard InChI is InChI=1S/C12H13F2N3/c1-2-17-6-5-12(16-17)15-8-9-3-4-10(13)7-11(9)14/h3-7H,2,8H2,1H3,(H,15,16). The lowest BCUT2D eigenvalue weighted by molar-refractivity contribution is 0.574. The molecule has 0 bridgehead atoms. The van der Waals surface area contributed by atoms with Gasteiger partial charge in [-0.25, -0.2) is 8.78 Å². The summed E-state index contributed by atoms with van der Waals surface area (Å²) in [7, 11) is 0. The lowest BCUT2D eigenvalue weighted by Crippen LogP contribution is -2.03. The summed E-state index contributed by atoms with van der Waals surface area (Å²) in [6, 6.07) is 5.35. The van der Waals surface area contributed by atoms with Crippen molar-refractivity contribution in [2.75, 3.05) is 5.32 Å². The lowest BCUT2D eigenvalue weighted by Gasteiger charge is -2.04. The molecular formula is C12H13F2N3. The van der Waals surface area contributed by atoms with Crippen LogP contribution in [0.1, 0.15) is 12.5 Å². The van der Waals surface area contributed by atoms with Crippen LogP contribution in [-0.4, -0.2) is 9.78 Å². The van der Waals surface area contributed by atoms with Gasteiger partial charge >= 0.3 is 0 Å². The Morgan fingerprint density at radius 2 is 2.12 bits per heavy atom. The molecule has 1 aromatic carbocycles. The first-order valence-electron chi connectivity index (χ1n) is 5.40. The largest absolute Gasteiger partial charge is 0.364 e. The van der Waals surface area contributed by atoms with Crippen LogP contribution in [0.4, 0.5) is 14.6 Å². The van der Waals surface area contributed by atoms with Crippen LogP contribution in [0.3, 0.4) is 0 Å². The van der Waals surface area contributed by atoms with E-state index in [1.807, 2.05) is 19.2 Å². The summed E-state index contributed by atoms with van der Waals surface area (Å²) in [6.07, 6.45) is 1.84. The summed E-state index contributed by atoms with van der Waals surface area (Å²) in [4.78, 5) is 0. The summed E-state index contributed by atoms with van der Waals surface area (Å²) in [5.74, 6) is -0.440. The molecule has 0 aliphatic carbocycles. The molecule has 1 N–H and O–H groups in total. The van der Waals surface area contributed by atoms with Crippen molar-refractivity contribution in [3.8, 4) is 0 Å². The highest BCUT2D eigenvalue weighted by atomic mass is 19.1. The number of anilines is 1. The van der Waals surface area contributed by atoms with Crippen molar-refractivity contribution in [2.45, 2.75) is 20.0 Å². The Bertz CT molecular complexity index is 508. The number of aryl methyl sites for hydroxylation is 1. The molecule has 0 saturated carbocycles. The average molecular weight is 237 g/mol. The molecule has 17 heavy (non-hydrogen) atoms. The summed E-state index contributed by atoms with van der Waals surface area (Å²) in [5.41, 5.74) is 0.414. The Balaban J connectivity index is 2.02. The molecule has 1 heterocycles. The van der Waals surface area contributed by atoms with Crippen LogP contribution in [0.2, 0.25) is 0 Å². The molecule has 5 heteroatoms. The molecule has 0 spiro atoms. The van der Waals surface area contributed by atoms with E-state index in [0.717, 1.165) is 12.6 Å². The van der Waals surface area contributed by atoms with Crippen molar-refractivity contribution in [1.29, 1.82) is 0 Å². The number of hydrogen-bond acceptors (Lipinski definition) is 2. The first-order valence-corrected chi connectivity index (χ1v) is 5.40. The maximum absolute atomic E-state index is 13.3.